The lowest BCUT2D eigenvalue weighted by Gasteiger charge is -2.18. The fourth-order valence-electron chi connectivity index (χ4n) is 5.24. The molecule has 0 aliphatic heterocycles. The van der Waals surface area contributed by atoms with E-state index in [0.717, 1.165) is 11.4 Å². The highest BCUT2D eigenvalue weighted by Crippen LogP contribution is 2.39. The van der Waals surface area contributed by atoms with E-state index in [0.29, 0.717) is 67.1 Å². The summed E-state index contributed by atoms with van der Waals surface area (Å²) in [6.45, 7) is 5.73. The van der Waals surface area contributed by atoms with E-state index in [1.807, 2.05) is 0 Å². The summed E-state index contributed by atoms with van der Waals surface area (Å²) in [6, 6.07) is 2.72. The zero-order valence-electron chi connectivity index (χ0n) is 28.7. The van der Waals surface area contributed by atoms with Crippen molar-refractivity contribution in [1.82, 2.24) is 40.5 Å². The molecule has 20 heteroatoms. The minimum Gasteiger partial charge on any atom is -0.480 e. The van der Waals surface area contributed by atoms with E-state index < -0.39 is 41.4 Å². The molecule has 3 amide bonds. The van der Waals surface area contributed by atoms with Gasteiger partial charge in [-0.3, -0.25) is 14.4 Å². The smallest absolute Gasteiger partial charge is 0.329 e. The lowest BCUT2D eigenvalue weighted by atomic mass is 10.1. The van der Waals surface area contributed by atoms with Crippen molar-refractivity contribution in [3.63, 3.8) is 0 Å². The Morgan fingerprint density at radius 3 is 2.09 bits per heavy atom. The van der Waals surface area contributed by atoms with Crippen LogP contribution in [0.3, 0.4) is 0 Å². The average Bonchev–Trinajstić information content (AvgIpc) is 3.82. The molecule has 0 bridgehead atoms. The van der Waals surface area contributed by atoms with Crippen molar-refractivity contribution in [2.75, 3.05) is 0 Å². The van der Waals surface area contributed by atoms with Crippen molar-refractivity contribution in [3.05, 3.63) is 66.1 Å². The number of aliphatic carboxylic acids is 1. The Kier molecular flexibility index (Phi) is 10.5. The molecule has 2 atom stereocenters. The number of aromatic nitrogens is 6. The number of nitrogens with zero attached hydrogens (tertiary/aromatic N) is 6. The van der Waals surface area contributed by atoms with Gasteiger partial charge in [0, 0.05) is 38.9 Å². The first-order valence-corrected chi connectivity index (χ1v) is 20.8. The normalized spacial score (nSPS) is 14.5. The number of carboxylic acids is 1. The maximum absolute atomic E-state index is 13.2. The Hall–Kier alpha value is -4.86. The number of carbonyl (C=O) groups is 4. The van der Waals surface area contributed by atoms with Crippen LogP contribution in [0.1, 0.15) is 81.1 Å². The number of carboxylic acid groups (broad SMARTS) is 1. The fourth-order valence-corrected chi connectivity index (χ4v) is 9.62. The summed E-state index contributed by atoms with van der Waals surface area (Å²) in [6.07, 6.45) is 0.507. The Morgan fingerprint density at radius 2 is 1.41 bits per heavy atom. The van der Waals surface area contributed by atoms with E-state index in [-0.39, 0.29) is 17.1 Å². The first-order valence-electron chi connectivity index (χ1n) is 16.4. The third-order valence-corrected chi connectivity index (χ3v) is 12.6. The Morgan fingerprint density at radius 1 is 0.759 bits per heavy atom. The van der Waals surface area contributed by atoms with Gasteiger partial charge in [-0.25, -0.2) is 34.7 Å². The second kappa shape index (κ2) is 15.1. The maximum Gasteiger partial charge on any atom is 0.329 e. The standard InChI is InChI=1S/C34H31N9O6S5/c1-14(2)8-23-36-20(11-50-23)27(46)42-24(15(3)44)32-38-18(9-54-32)25-16(29-39-19(10-51-29)26(35)45)4-5-17(37-25)30-41-22(13-53-30)31-40-21(12-52-31)28(47)43-34(6-7-34)33(48)49/h4-5,9-15,24,44H,6-8H2,1-3H3,(H2,35,45)(H,42,46)(H,43,47)(H,48,49)/t15-,24+/m1/s1. The molecule has 6 N–H and O–H groups in total. The first-order chi connectivity index (χ1) is 25.8. The summed E-state index contributed by atoms with van der Waals surface area (Å²) < 4.78 is 0. The molecule has 0 saturated heterocycles. The number of primary amides is 1. The van der Waals surface area contributed by atoms with Crippen LogP contribution >= 0.6 is 56.7 Å². The minimum absolute atomic E-state index is 0.106. The molecule has 1 aliphatic rings. The molecular formula is C34H31N9O6S5. The van der Waals surface area contributed by atoms with Crippen LogP contribution in [0, 0.1) is 5.92 Å². The predicted molar refractivity (Wildman–Crippen MR) is 207 cm³/mol. The second-order valence-corrected chi connectivity index (χ2v) is 17.3. The number of rotatable bonds is 14. The second-order valence-electron chi connectivity index (χ2n) is 12.9. The number of hydrogen-bond acceptors (Lipinski definition) is 16. The zero-order chi connectivity index (χ0) is 38.3. The molecule has 6 heterocycles. The number of nitrogens with two attached hydrogens (primary N) is 1. The van der Waals surface area contributed by atoms with Crippen molar-refractivity contribution in [3.8, 4) is 43.4 Å². The van der Waals surface area contributed by atoms with Gasteiger partial charge in [-0.1, -0.05) is 13.8 Å². The molecular weight excluding hydrogens is 791 g/mol. The van der Waals surface area contributed by atoms with Crippen LogP contribution in [-0.4, -0.2) is 75.5 Å². The number of thiazole rings is 5. The lowest BCUT2D eigenvalue weighted by molar-refractivity contribution is -0.140. The van der Waals surface area contributed by atoms with Gasteiger partial charge in [-0.15, -0.1) is 56.7 Å². The van der Waals surface area contributed by atoms with Crippen molar-refractivity contribution in [1.29, 1.82) is 0 Å². The van der Waals surface area contributed by atoms with Gasteiger partial charge in [0.25, 0.3) is 17.7 Å². The zero-order valence-corrected chi connectivity index (χ0v) is 32.8. The Labute approximate surface area is 327 Å². The molecule has 0 radical (unpaired) electrons. The lowest BCUT2D eigenvalue weighted by Crippen LogP contribution is -2.43. The van der Waals surface area contributed by atoms with Crippen LogP contribution in [0.5, 0.6) is 0 Å². The summed E-state index contributed by atoms with van der Waals surface area (Å²) in [5, 5.41) is 36.8. The van der Waals surface area contributed by atoms with Crippen LogP contribution in [0.15, 0.2) is 39.0 Å². The van der Waals surface area contributed by atoms with Crippen molar-refractivity contribution >= 4 is 80.4 Å². The Balaban J connectivity index is 1.18. The van der Waals surface area contributed by atoms with Gasteiger partial charge in [0.2, 0.25) is 0 Å². The van der Waals surface area contributed by atoms with Crippen molar-refractivity contribution < 1.29 is 29.4 Å². The molecule has 6 aromatic heterocycles. The largest absolute Gasteiger partial charge is 0.480 e. The third kappa shape index (κ3) is 7.84. The summed E-state index contributed by atoms with van der Waals surface area (Å²) in [5.74, 6) is -2.33. The number of aliphatic hydroxyl groups is 1. The number of amides is 3. The average molecular weight is 822 g/mol. The third-order valence-electron chi connectivity index (χ3n) is 8.24. The Bertz CT molecular complexity index is 2390. The molecule has 0 spiro atoms. The number of pyridine rings is 1. The van der Waals surface area contributed by atoms with Crippen LogP contribution in [0.4, 0.5) is 0 Å². The highest BCUT2D eigenvalue weighted by atomic mass is 32.1. The van der Waals surface area contributed by atoms with Gasteiger partial charge >= 0.3 is 5.97 Å². The first kappa shape index (κ1) is 37.5. The molecule has 1 fully saturated rings. The predicted octanol–water partition coefficient (Wildman–Crippen LogP) is 5.53. The van der Waals surface area contributed by atoms with E-state index in [1.54, 1.807) is 46.0 Å². The van der Waals surface area contributed by atoms with Crippen molar-refractivity contribution in [2.45, 2.75) is 57.7 Å². The van der Waals surface area contributed by atoms with Crippen LogP contribution in [0.2, 0.25) is 0 Å². The molecule has 0 unspecified atom stereocenters. The summed E-state index contributed by atoms with van der Waals surface area (Å²) in [7, 11) is 0. The van der Waals surface area contributed by atoms with Gasteiger partial charge in [-0.2, -0.15) is 0 Å². The molecule has 6 aromatic rings. The number of hydrogen-bond donors (Lipinski definition) is 5. The van der Waals surface area contributed by atoms with Crippen LogP contribution < -0.4 is 16.4 Å². The molecule has 278 valence electrons. The van der Waals surface area contributed by atoms with Gasteiger partial charge in [-0.05, 0) is 37.8 Å². The highest BCUT2D eigenvalue weighted by Gasteiger charge is 2.52. The SMILES string of the molecule is CC(C)Cc1nc(C(=O)N[C@H](c2nc(-c3nc(-c4nc(-c5nc(C(=O)NC6(C(=O)O)CC6)cs5)cs4)ccc3-c3nc(C(N)=O)cs3)cs2)[C@@H](C)O)cs1. The molecule has 1 aliphatic carbocycles. The molecule has 1 saturated carbocycles. The van der Waals surface area contributed by atoms with E-state index in [9.17, 15) is 29.4 Å². The number of aliphatic hydroxyl groups excluding tert-OH is 1. The summed E-state index contributed by atoms with van der Waals surface area (Å²) in [4.78, 5) is 77.2. The molecule has 15 nitrogen and oxygen atoms in total. The number of nitrogens with one attached hydrogen (secondary N) is 2. The fraction of sp³-hybridized carbons (Fsp3) is 0.294. The minimum atomic E-state index is -1.23. The monoisotopic (exact) mass is 821 g/mol. The van der Waals surface area contributed by atoms with E-state index in [1.165, 1.54) is 56.7 Å². The van der Waals surface area contributed by atoms with Gasteiger partial charge < -0.3 is 26.6 Å². The molecule has 54 heavy (non-hydrogen) atoms. The van der Waals surface area contributed by atoms with E-state index in [2.05, 4.69) is 39.4 Å². The quantitative estimate of drug-likeness (QED) is 0.0913. The molecule has 7 rings (SSSR count). The highest BCUT2D eigenvalue weighted by molar-refractivity contribution is 7.15. The number of carbonyl (C=O) groups excluding carboxylic acids is 3. The topological polar surface area (TPSA) is 236 Å². The maximum atomic E-state index is 13.2. The van der Waals surface area contributed by atoms with Crippen molar-refractivity contribution in [2.24, 2.45) is 11.7 Å². The summed E-state index contributed by atoms with van der Waals surface area (Å²) in [5.41, 5.74) is 7.20. The van der Waals surface area contributed by atoms with Crippen LogP contribution in [-0.2, 0) is 11.2 Å². The van der Waals surface area contributed by atoms with Gasteiger partial charge in [0.1, 0.15) is 65.8 Å². The van der Waals surface area contributed by atoms with Gasteiger partial charge in [0.05, 0.1) is 16.8 Å². The molecule has 0 aromatic carbocycles. The van der Waals surface area contributed by atoms with E-state index in [4.69, 9.17) is 20.7 Å². The summed E-state index contributed by atoms with van der Waals surface area (Å²) >= 11 is 6.40. The van der Waals surface area contributed by atoms with Gasteiger partial charge in [0.15, 0.2) is 0 Å². The van der Waals surface area contributed by atoms with E-state index >= 15 is 0 Å². The van der Waals surface area contributed by atoms with Crippen LogP contribution in [0.25, 0.3) is 43.4 Å².